The first-order valence-electron chi connectivity index (χ1n) is 11.8. The Morgan fingerprint density at radius 2 is 1.86 bits per heavy atom. The summed E-state index contributed by atoms with van der Waals surface area (Å²) in [5.41, 5.74) is 2.80. The fourth-order valence-corrected chi connectivity index (χ4v) is 5.06. The first-order chi connectivity index (χ1) is 17.8. The Morgan fingerprint density at radius 1 is 1.08 bits per heavy atom. The van der Waals surface area contributed by atoms with Crippen LogP contribution in [0.1, 0.15) is 16.0 Å². The SMILES string of the molecule is C=CCN(CC(=O)N(CCc1ccc(OC)c(OC)c1)Cc1sccc1C)C(=O)Nc1cccc(Br)c1. The molecule has 0 aliphatic carbocycles. The van der Waals surface area contributed by atoms with E-state index in [1.807, 2.05) is 48.7 Å². The van der Waals surface area contributed by atoms with Gasteiger partial charge in [-0.3, -0.25) is 4.79 Å². The van der Waals surface area contributed by atoms with Crippen molar-refractivity contribution >= 4 is 44.9 Å². The maximum atomic E-state index is 13.5. The van der Waals surface area contributed by atoms with Crippen LogP contribution in [0.2, 0.25) is 0 Å². The van der Waals surface area contributed by atoms with Crippen LogP contribution in [0, 0.1) is 6.92 Å². The van der Waals surface area contributed by atoms with Gasteiger partial charge in [-0.2, -0.15) is 0 Å². The van der Waals surface area contributed by atoms with Gasteiger partial charge in [0.05, 0.1) is 20.8 Å². The number of nitrogens with zero attached hydrogens (tertiary/aromatic N) is 2. The molecule has 0 fully saturated rings. The molecule has 1 heterocycles. The number of hydrogen-bond acceptors (Lipinski definition) is 5. The molecule has 3 rings (SSSR count). The number of aryl methyl sites for hydroxylation is 1. The smallest absolute Gasteiger partial charge is 0.322 e. The summed E-state index contributed by atoms with van der Waals surface area (Å²) in [6.07, 6.45) is 2.24. The number of benzene rings is 2. The van der Waals surface area contributed by atoms with E-state index in [1.54, 1.807) is 48.7 Å². The van der Waals surface area contributed by atoms with Crippen molar-refractivity contribution in [2.24, 2.45) is 0 Å². The molecule has 0 atom stereocenters. The lowest BCUT2D eigenvalue weighted by molar-refractivity contribution is -0.132. The van der Waals surface area contributed by atoms with Gasteiger partial charge in [0.25, 0.3) is 0 Å². The van der Waals surface area contributed by atoms with E-state index in [2.05, 4.69) is 27.8 Å². The molecule has 37 heavy (non-hydrogen) atoms. The first kappa shape index (κ1) is 28.3. The molecule has 0 spiro atoms. The van der Waals surface area contributed by atoms with Gasteiger partial charge in [-0.1, -0.05) is 34.1 Å². The van der Waals surface area contributed by atoms with Gasteiger partial charge in [-0.15, -0.1) is 17.9 Å². The summed E-state index contributed by atoms with van der Waals surface area (Å²) in [6, 6.07) is 14.8. The predicted molar refractivity (Wildman–Crippen MR) is 153 cm³/mol. The van der Waals surface area contributed by atoms with Gasteiger partial charge < -0.3 is 24.6 Å². The number of methoxy groups -OCH3 is 2. The second-order valence-electron chi connectivity index (χ2n) is 8.39. The van der Waals surface area contributed by atoms with Gasteiger partial charge in [-0.25, -0.2) is 4.79 Å². The van der Waals surface area contributed by atoms with E-state index in [0.29, 0.717) is 36.7 Å². The fraction of sp³-hybridized carbons (Fsp3) is 0.286. The highest BCUT2D eigenvalue weighted by molar-refractivity contribution is 9.10. The predicted octanol–water partition coefficient (Wildman–Crippen LogP) is 6.13. The number of halogens is 1. The molecule has 196 valence electrons. The number of carbonyl (C=O) groups is 2. The van der Waals surface area contributed by atoms with Crippen LogP contribution >= 0.6 is 27.3 Å². The number of anilines is 1. The topological polar surface area (TPSA) is 71.1 Å². The molecule has 0 aliphatic rings. The number of amides is 3. The van der Waals surface area contributed by atoms with E-state index >= 15 is 0 Å². The van der Waals surface area contributed by atoms with Gasteiger partial charge in [0, 0.05) is 28.1 Å². The number of ether oxygens (including phenoxy) is 2. The van der Waals surface area contributed by atoms with E-state index in [1.165, 1.54) is 4.90 Å². The second-order valence-corrected chi connectivity index (χ2v) is 10.3. The zero-order valence-corrected chi connectivity index (χ0v) is 23.7. The lowest BCUT2D eigenvalue weighted by Gasteiger charge is -2.27. The third kappa shape index (κ3) is 8.10. The van der Waals surface area contributed by atoms with Crippen molar-refractivity contribution in [3.8, 4) is 11.5 Å². The van der Waals surface area contributed by atoms with Crippen LogP contribution in [0.5, 0.6) is 11.5 Å². The first-order valence-corrected chi connectivity index (χ1v) is 13.5. The second kappa shape index (κ2) is 13.9. The number of carbonyl (C=O) groups excluding carboxylic acids is 2. The number of rotatable bonds is 12. The minimum absolute atomic E-state index is 0.0672. The van der Waals surface area contributed by atoms with E-state index in [9.17, 15) is 9.59 Å². The molecule has 0 aliphatic heterocycles. The maximum absolute atomic E-state index is 13.5. The molecule has 1 N–H and O–H groups in total. The molecule has 3 amide bonds. The van der Waals surface area contributed by atoms with E-state index in [4.69, 9.17) is 9.47 Å². The zero-order valence-electron chi connectivity index (χ0n) is 21.3. The van der Waals surface area contributed by atoms with Crippen LogP contribution < -0.4 is 14.8 Å². The quantitative estimate of drug-likeness (QED) is 0.260. The molecule has 3 aromatic rings. The summed E-state index contributed by atoms with van der Waals surface area (Å²) >= 11 is 5.03. The highest BCUT2D eigenvalue weighted by atomic mass is 79.9. The molecule has 7 nitrogen and oxygen atoms in total. The summed E-state index contributed by atoms with van der Waals surface area (Å²) in [5, 5.41) is 4.89. The van der Waals surface area contributed by atoms with E-state index in [0.717, 1.165) is 20.5 Å². The molecular weight excluding hydrogens is 554 g/mol. The summed E-state index contributed by atoms with van der Waals surface area (Å²) < 4.78 is 11.6. The van der Waals surface area contributed by atoms with Crippen LogP contribution in [0.15, 0.2) is 71.0 Å². The fourth-order valence-electron chi connectivity index (χ4n) is 3.74. The lowest BCUT2D eigenvalue weighted by Crippen LogP contribution is -2.44. The summed E-state index contributed by atoms with van der Waals surface area (Å²) in [7, 11) is 3.20. The summed E-state index contributed by atoms with van der Waals surface area (Å²) in [4.78, 5) is 30.9. The van der Waals surface area contributed by atoms with Crippen molar-refractivity contribution in [1.82, 2.24) is 9.80 Å². The van der Waals surface area contributed by atoms with Crippen molar-refractivity contribution in [1.29, 1.82) is 0 Å². The Morgan fingerprint density at radius 3 is 2.51 bits per heavy atom. The van der Waals surface area contributed by atoms with Gasteiger partial charge in [-0.05, 0) is 66.2 Å². The molecule has 0 bridgehead atoms. The van der Waals surface area contributed by atoms with E-state index in [-0.39, 0.29) is 25.0 Å². The van der Waals surface area contributed by atoms with Gasteiger partial charge in [0.15, 0.2) is 11.5 Å². The van der Waals surface area contributed by atoms with Gasteiger partial charge in [0.2, 0.25) is 5.91 Å². The van der Waals surface area contributed by atoms with Crippen molar-refractivity contribution in [3.63, 3.8) is 0 Å². The van der Waals surface area contributed by atoms with Crippen molar-refractivity contribution in [3.05, 3.63) is 87.0 Å². The Bertz CT molecular complexity index is 1230. The van der Waals surface area contributed by atoms with Gasteiger partial charge in [0.1, 0.15) is 6.54 Å². The molecule has 0 saturated carbocycles. The lowest BCUT2D eigenvalue weighted by atomic mass is 10.1. The standard InChI is InChI=1S/C28H32BrN3O4S/c1-5-13-32(28(34)30-23-8-6-7-22(29)17-23)19-27(33)31(18-26-20(2)12-15-37-26)14-11-21-9-10-24(35-3)25(16-21)36-4/h5-10,12,15-17H,1,11,13-14,18-19H2,2-4H3,(H,30,34). The van der Waals surface area contributed by atoms with Crippen LogP contribution in [0.25, 0.3) is 0 Å². The van der Waals surface area contributed by atoms with Crippen LogP contribution in [0.3, 0.4) is 0 Å². The monoisotopic (exact) mass is 585 g/mol. The van der Waals surface area contributed by atoms with Gasteiger partial charge >= 0.3 is 6.03 Å². The highest BCUT2D eigenvalue weighted by Crippen LogP contribution is 2.28. The molecule has 2 aromatic carbocycles. The summed E-state index contributed by atoms with van der Waals surface area (Å²) in [5.74, 6) is 1.16. The summed E-state index contributed by atoms with van der Waals surface area (Å²) in [6.45, 7) is 6.94. The average Bonchev–Trinajstić information content (AvgIpc) is 3.29. The normalized spacial score (nSPS) is 10.5. The maximum Gasteiger partial charge on any atom is 0.322 e. The molecule has 9 heteroatoms. The Kier molecular flexibility index (Phi) is 10.6. The van der Waals surface area contributed by atoms with E-state index < -0.39 is 0 Å². The zero-order chi connectivity index (χ0) is 26.8. The Balaban J connectivity index is 1.75. The average molecular weight is 587 g/mol. The van der Waals surface area contributed by atoms with Crippen molar-refractivity contribution < 1.29 is 19.1 Å². The third-order valence-corrected chi connectivity index (χ3v) is 7.31. The number of urea groups is 1. The molecular formula is C28H32BrN3O4S. The van der Waals surface area contributed by atoms with Crippen LogP contribution in [-0.4, -0.2) is 55.6 Å². The number of hydrogen-bond donors (Lipinski definition) is 1. The molecule has 0 saturated heterocycles. The van der Waals surface area contributed by atoms with Crippen LogP contribution in [0.4, 0.5) is 10.5 Å². The minimum Gasteiger partial charge on any atom is -0.493 e. The highest BCUT2D eigenvalue weighted by Gasteiger charge is 2.22. The van der Waals surface area contributed by atoms with Crippen molar-refractivity contribution in [2.45, 2.75) is 19.9 Å². The third-order valence-electron chi connectivity index (χ3n) is 5.81. The molecule has 0 radical (unpaired) electrons. The van der Waals surface area contributed by atoms with Crippen molar-refractivity contribution in [2.75, 3.05) is 39.2 Å². The Hall–Kier alpha value is -3.30. The molecule has 0 unspecified atom stereocenters. The Labute approximate surface area is 230 Å². The molecule has 1 aromatic heterocycles. The number of nitrogens with one attached hydrogen (secondary N) is 1. The number of thiophene rings is 1. The largest absolute Gasteiger partial charge is 0.493 e. The minimum atomic E-state index is -0.363. The van der Waals surface area contributed by atoms with Crippen LogP contribution in [-0.2, 0) is 17.8 Å².